The summed E-state index contributed by atoms with van der Waals surface area (Å²) in [4.78, 5) is 24.0. The minimum Gasteiger partial charge on any atom is -0.496 e. The Morgan fingerprint density at radius 2 is 1.96 bits per heavy atom. The van der Waals surface area contributed by atoms with Crippen LogP contribution in [0.1, 0.15) is 35.7 Å². The summed E-state index contributed by atoms with van der Waals surface area (Å²) in [6.45, 7) is 2.57. The van der Waals surface area contributed by atoms with Crippen LogP contribution in [0.2, 0.25) is 0 Å². The Morgan fingerprint density at radius 1 is 1.14 bits per heavy atom. The average molecular weight is 383 g/mol. The van der Waals surface area contributed by atoms with Crippen molar-refractivity contribution in [2.75, 3.05) is 20.3 Å². The van der Waals surface area contributed by atoms with Crippen molar-refractivity contribution in [2.24, 2.45) is 5.10 Å². The van der Waals surface area contributed by atoms with Gasteiger partial charge in [-0.3, -0.25) is 9.59 Å². The molecule has 0 aliphatic carbocycles. The van der Waals surface area contributed by atoms with Crippen LogP contribution >= 0.6 is 0 Å². The zero-order valence-corrected chi connectivity index (χ0v) is 16.1. The largest absolute Gasteiger partial charge is 0.496 e. The van der Waals surface area contributed by atoms with Crippen LogP contribution in [-0.4, -0.2) is 38.3 Å². The molecule has 0 atom stereocenters. The topological polar surface area (TPSA) is 89.0 Å². The molecular formula is C21H25N3O4. The van der Waals surface area contributed by atoms with E-state index in [-0.39, 0.29) is 6.54 Å². The van der Waals surface area contributed by atoms with Crippen molar-refractivity contribution in [1.82, 2.24) is 10.7 Å². The second kappa shape index (κ2) is 11.4. The van der Waals surface area contributed by atoms with Crippen LogP contribution in [-0.2, 0) is 4.79 Å². The van der Waals surface area contributed by atoms with E-state index in [2.05, 4.69) is 22.8 Å². The molecular weight excluding hydrogens is 358 g/mol. The van der Waals surface area contributed by atoms with Crippen LogP contribution in [0.4, 0.5) is 0 Å². The van der Waals surface area contributed by atoms with Crippen molar-refractivity contribution in [3.05, 3.63) is 59.7 Å². The molecule has 0 saturated carbocycles. The maximum Gasteiger partial charge on any atom is 0.259 e. The summed E-state index contributed by atoms with van der Waals surface area (Å²) in [6, 6.07) is 14.2. The molecule has 0 heterocycles. The number of nitrogens with zero attached hydrogens (tertiary/aromatic N) is 1. The van der Waals surface area contributed by atoms with Gasteiger partial charge in [0.2, 0.25) is 0 Å². The predicted octanol–water partition coefficient (Wildman–Crippen LogP) is 2.75. The third-order valence-electron chi connectivity index (χ3n) is 3.79. The van der Waals surface area contributed by atoms with E-state index in [4.69, 9.17) is 9.47 Å². The van der Waals surface area contributed by atoms with Crippen LogP contribution in [0.15, 0.2) is 53.6 Å². The molecule has 7 heteroatoms. The molecule has 148 valence electrons. The molecule has 2 aromatic carbocycles. The summed E-state index contributed by atoms with van der Waals surface area (Å²) >= 11 is 0. The van der Waals surface area contributed by atoms with Gasteiger partial charge in [0.15, 0.2) is 0 Å². The van der Waals surface area contributed by atoms with E-state index in [0.29, 0.717) is 17.9 Å². The van der Waals surface area contributed by atoms with E-state index < -0.39 is 11.8 Å². The maximum absolute atomic E-state index is 12.1. The third-order valence-corrected chi connectivity index (χ3v) is 3.79. The van der Waals surface area contributed by atoms with E-state index in [1.54, 1.807) is 24.3 Å². The lowest BCUT2D eigenvalue weighted by Gasteiger charge is -2.08. The fourth-order valence-corrected chi connectivity index (χ4v) is 2.33. The molecule has 7 nitrogen and oxygen atoms in total. The Kier molecular flexibility index (Phi) is 8.52. The van der Waals surface area contributed by atoms with Gasteiger partial charge in [-0.25, -0.2) is 5.43 Å². The van der Waals surface area contributed by atoms with Gasteiger partial charge in [-0.2, -0.15) is 5.10 Å². The van der Waals surface area contributed by atoms with Crippen molar-refractivity contribution in [3.63, 3.8) is 0 Å². The molecule has 2 amide bonds. The molecule has 2 rings (SSSR count). The fraction of sp³-hybridized carbons (Fsp3) is 0.286. The van der Waals surface area contributed by atoms with Gasteiger partial charge in [-0.15, -0.1) is 0 Å². The molecule has 0 radical (unpaired) electrons. The summed E-state index contributed by atoms with van der Waals surface area (Å²) < 4.78 is 10.8. The van der Waals surface area contributed by atoms with Crippen molar-refractivity contribution in [2.45, 2.75) is 19.8 Å². The highest BCUT2D eigenvalue weighted by Crippen LogP contribution is 2.16. The van der Waals surface area contributed by atoms with Crippen LogP contribution in [0.3, 0.4) is 0 Å². The average Bonchev–Trinajstić information content (AvgIpc) is 2.72. The molecule has 0 aliphatic heterocycles. The number of rotatable bonds is 10. The van der Waals surface area contributed by atoms with Gasteiger partial charge in [0.1, 0.15) is 11.5 Å². The number of nitrogens with one attached hydrogen (secondary N) is 2. The summed E-state index contributed by atoms with van der Waals surface area (Å²) in [6.07, 6.45) is 3.59. The van der Waals surface area contributed by atoms with E-state index in [9.17, 15) is 9.59 Å². The zero-order valence-electron chi connectivity index (χ0n) is 16.1. The molecule has 0 saturated heterocycles. The summed E-state index contributed by atoms with van der Waals surface area (Å²) in [5.74, 6) is 0.371. The first-order valence-electron chi connectivity index (χ1n) is 9.10. The van der Waals surface area contributed by atoms with Crippen molar-refractivity contribution in [3.8, 4) is 11.5 Å². The smallest absolute Gasteiger partial charge is 0.259 e. The minimum atomic E-state index is -0.435. The molecule has 0 fully saturated rings. The monoisotopic (exact) mass is 383 g/mol. The first-order valence-corrected chi connectivity index (χ1v) is 9.10. The van der Waals surface area contributed by atoms with Crippen LogP contribution in [0.5, 0.6) is 11.5 Å². The third kappa shape index (κ3) is 6.75. The molecule has 0 bridgehead atoms. The van der Waals surface area contributed by atoms with Gasteiger partial charge < -0.3 is 14.8 Å². The number of benzene rings is 2. The van der Waals surface area contributed by atoms with E-state index in [1.807, 2.05) is 24.3 Å². The Balaban J connectivity index is 1.80. The predicted molar refractivity (Wildman–Crippen MR) is 108 cm³/mol. The fourth-order valence-electron chi connectivity index (χ4n) is 2.33. The highest BCUT2D eigenvalue weighted by Gasteiger charge is 2.12. The lowest BCUT2D eigenvalue weighted by molar-refractivity contribution is -0.120. The molecule has 0 aliphatic rings. The highest BCUT2D eigenvalue weighted by molar-refractivity contribution is 5.98. The van der Waals surface area contributed by atoms with E-state index >= 15 is 0 Å². The van der Waals surface area contributed by atoms with Gasteiger partial charge in [-0.05, 0) is 36.2 Å². The number of methoxy groups -OCH3 is 1. The van der Waals surface area contributed by atoms with Crippen molar-refractivity contribution >= 4 is 18.0 Å². The Bertz CT molecular complexity index is 821. The molecule has 28 heavy (non-hydrogen) atoms. The summed E-state index contributed by atoms with van der Waals surface area (Å²) in [5.41, 5.74) is 3.54. The molecule has 0 aromatic heterocycles. The van der Waals surface area contributed by atoms with E-state index in [0.717, 1.165) is 24.2 Å². The normalized spacial score (nSPS) is 10.5. The lowest BCUT2D eigenvalue weighted by Crippen LogP contribution is -2.35. The Hall–Kier alpha value is -3.35. The van der Waals surface area contributed by atoms with Crippen LogP contribution in [0, 0.1) is 0 Å². The van der Waals surface area contributed by atoms with Crippen molar-refractivity contribution in [1.29, 1.82) is 0 Å². The number of hydrogen-bond donors (Lipinski definition) is 2. The number of hydrazone groups is 1. The molecule has 0 unspecified atom stereocenters. The molecule has 2 N–H and O–H groups in total. The number of hydrogen-bond acceptors (Lipinski definition) is 5. The number of amides is 2. The second-order valence-electron chi connectivity index (χ2n) is 5.95. The van der Waals surface area contributed by atoms with Crippen LogP contribution in [0.25, 0.3) is 0 Å². The SMILES string of the molecule is CCCCOc1cccc(C=NNC(=O)CNC(=O)c2ccccc2OC)c1. The first kappa shape index (κ1) is 21.0. The number of carbonyl (C=O) groups excluding carboxylic acids is 2. The van der Waals surface area contributed by atoms with Gasteiger partial charge in [0.05, 0.1) is 32.0 Å². The second-order valence-corrected chi connectivity index (χ2v) is 5.95. The standard InChI is InChI=1S/C21H25N3O4/c1-3-4-12-28-17-9-7-8-16(13-17)14-23-24-20(25)15-22-21(26)18-10-5-6-11-19(18)27-2/h5-11,13-14H,3-4,12,15H2,1-2H3,(H,22,26)(H,24,25). The Morgan fingerprint density at radius 3 is 2.75 bits per heavy atom. The first-order chi connectivity index (χ1) is 13.6. The summed E-state index contributed by atoms with van der Waals surface area (Å²) in [5, 5.41) is 6.44. The van der Waals surface area contributed by atoms with Gasteiger partial charge in [0, 0.05) is 0 Å². The number of carbonyl (C=O) groups is 2. The molecule has 2 aromatic rings. The van der Waals surface area contributed by atoms with Crippen LogP contribution < -0.4 is 20.2 Å². The highest BCUT2D eigenvalue weighted by atomic mass is 16.5. The zero-order chi connectivity index (χ0) is 20.2. The number of ether oxygens (including phenoxy) is 2. The van der Waals surface area contributed by atoms with Gasteiger partial charge in [-0.1, -0.05) is 37.6 Å². The lowest BCUT2D eigenvalue weighted by atomic mass is 10.2. The maximum atomic E-state index is 12.1. The number of unbranched alkanes of at least 4 members (excludes halogenated alkanes) is 1. The van der Waals surface area contributed by atoms with Gasteiger partial charge in [0.25, 0.3) is 11.8 Å². The quantitative estimate of drug-likeness (QED) is 0.375. The summed E-state index contributed by atoms with van der Waals surface area (Å²) in [7, 11) is 1.48. The Labute approximate surface area is 164 Å². The number of para-hydroxylation sites is 1. The minimum absolute atomic E-state index is 0.200. The van der Waals surface area contributed by atoms with Crippen molar-refractivity contribution < 1.29 is 19.1 Å². The van der Waals surface area contributed by atoms with E-state index in [1.165, 1.54) is 13.3 Å². The molecule has 0 spiro atoms. The van der Waals surface area contributed by atoms with Gasteiger partial charge >= 0.3 is 0 Å².